The van der Waals surface area contributed by atoms with E-state index in [0.717, 1.165) is 30.3 Å². The zero-order chi connectivity index (χ0) is 18.8. The Morgan fingerprint density at radius 3 is 2.44 bits per heavy atom. The van der Waals surface area contributed by atoms with Gasteiger partial charge in [0, 0.05) is 44.0 Å². The van der Waals surface area contributed by atoms with E-state index in [1.165, 1.54) is 12.8 Å². The SMILES string of the molecule is COc1ccc(N2CCN(C(=O)c3cc(NC4CC4)nc(C)n3)CC2)cc1. The summed E-state index contributed by atoms with van der Waals surface area (Å²) in [6, 6.07) is 10.3. The number of amides is 1. The Balaban J connectivity index is 1.40. The fourth-order valence-corrected chi connectivity index (χ4v) is 3.31. The normalized spacial score (nSPS) is 17.0. The van der Waals surface area contributed by atoms with Gasteiger partial charge in [-0.3, -0.25) is 4.79 Å². The molecule has 1 saturated carbocycles. The number of ether oxygens (including phenoxy) is 1. The lowest BCUT2D eigenvalue weighted by molar-refractivity contribution is 0.0740. The highest BCUT2D eigenvalue weighted by atomic mass is 16.5. The molecule has 0 atom stereocenters. The lowest BCUT2D eigenvalue weighted by Gasteiger charge is -2.36. The number of hydrogen-bond donors (Lipinski definition) is 1. The van der Waals surface area contributed by atoms with E-state index < -0.39 is 0 Å². The number of aryl methyl sites for hydroxylation is 1. The molecule has 1 saturated heterocycles. The first-order valence-corrected chi connectivity index (χ1v) is 9.43. The highest BCUT2D eigenvalue weighted by Crippen LogP contribution is 2.24. The predicted molar refractivity (Wildman–Crippen MR) is 105 cm³/mol. The molecule has 1 aliphatic heterocycles. The van der Waals surface area contributed by atoms with Crippen LogP contribution in [0.25, 0.3) is 0 Å². The number of rotatable bonds is 5. The second-order valence-corrected chi connectivity index (χ2v) is 7.08. The number of carbonyl (C=O) groups is 1. The molecule has 4 rings (SSSR count). The number of aromatic nitrogens is 2. The fraction of sp³-hybridized carbons (Fsp3) is 0.450. The van der Waals surface area contributed by atoms with E-state index in [0.29, 0.717) is 30.6 Å². The second-order valence-electron chi connectivity index (χ2n) is 7.08. The highest BCUT2D eigenvalue weighted by molar-refractivity contribution is 5.93. The van der Waals surface area contributed by atoms with Crippen LogP contribution in [0.3, 0.4) is 0 Å². The van der Waals surface area contributed by atoms with Crippen LogP contribution in [-0.4, -0.2) is 60.1 Å². The van der Waals surface area contributed by atoms with Gasteiger partial charge >= 0.3 is 0 Å². The quantitative estimate of drug-likeness (QED) is 0.875. The second kappa shape index (κ2) is 7.42. The van der Waals surface area contributed by atoms with Crippen molar-refractivity contribution in [3.05, 3.63) is 41.9 Å². The van der Waals surface area contributed by atoms with E-state index in [4.69, 9.17) is 4.74 Å². The largest absolute Gasteiger partial charge is 0.497 e. The number of anilines is 2. The topological polar surface area (TPSA) is 70.6 Å². The fourth-order valence-electron chi connectivity index (χ4n) is 3.31. The predicted octanol–water partition coefficient (Wildman–Crippen LogP) is 2.33. The molecule has 0 radical (unpaired) electrons. The summed E-state index contributed by atoms with van der Waals surface area (Å²) in [6.45, 7) is 4.79. The first kappa shape index (κ1) is 17.6. The van der Waals surface area contributed by atoms with Gasteiger partial charge in [-0.15, -0.1) is 0 Å². The molecule has 7 nitrogen and oxygen atoms in total. The molecular weight excluding hydrogens is 342 g/mol. The monoisotopic (exact) mass is 367 g/mol. The average molecular weight is 367 g/mol. The van der Waals surface area contributed by atoms with Crippen LogP contribution in [0, 0.1) is 6.92 Å². The Kier molecular flexibility index (Phi) is 4.83. The molecule has 2 fully saturated rings. The van der Waals surface area contributed by atoms with E-state index in [2.05, 4.69) is 32.3 Å². The van der Waals surface area contributed by atoms with Crippen LogP contribution in [0.5, 0.6) is 5.75 Å². The molecule has 2 heterocycles. The van der Waals surface area contributed by atoms with Crippen LogP contribution in [0.15, 0.2) is 30.3 Å². The summed E-state index contributed by atoms with van der Waals surface area (Å²) < 4.78 is 5.21. The summed E-state index contributed by atoms with van der Waals surface area (Å²) in [5.41, 5.74) is 1.63. The minimum absolute atomic E-state index is 0.0197. The molecule has 27 heavy (non-hydrogen) atoms. The van der Waals surface area contributed by atoms with Crippen LogP contribution in [0.2, 0.25) is 0 Å². The summed E-state index contributed by atoms with van der Waals surface area (Å²) in [5.74, 6) is 2.21. The lowest BCUT2D eigenvalue weighted by atomic mass is 10.2. The smallest absolute Gasteiger partial charge is 0.272 e. The molecule has 1 aromatic heterocycles. The maximum absolute atomic E-state index is 12.9. The Labute approximate surface area is 159 Å². The maximum atomic E-state index is 12.9. The van der Waals surface area contributed by atoms with Crippen LogP contribution in [0.1, 0.15) is 29.2 Å². The molecule has 0 spiro atoms. The van der Waals surface area contributed by atoms with Gasteiger partial charge in [0.2, 0.25) is 0 Å². The number of nitrogens with zero attached hydrogens (tertiary/aromatic N) is 4. The third kappa shape index (κ3) is 4.13. The molecule has 1 amide bonds. The molecule has 0 unspecified atom stereocenters. The van der Waals surface area contributed by atoms with Crippen LogP contribution < -0.4 is 15.0 Å². The van der Waals surface area contributed by atoms with Crippen molar-refractivity contribution in [2.45, 2.75) is 25.8 Å². The van der Waals surface area contributed by atoms with Crippen molar-refractivity contribution >= 4 is 17.4 Å². The van der Waals surface area contributed by atoms with E-state index in [-0.39, 0.29) is 5.91 Å². The van der Waals surface area contributed by atoms with Gasteiger partial charge < -0.3 is 19.9 Å². The van der Waals surface area contributed by atoms with Crippen molar-refractivity contribution in [2.75, 3.05) is 43.5 Å². The van der Waals surface area contributed by atoms with E-state index in [1.54, 1.807) is 13.2 Å². The van der Waals surface area contributed by atoms with E-state index >= 15 is 0 Å². The Morgan fingerprint density at radius 1 is 1.11 bits per heavy atom. The molecule has 0 bridgehead atoms. The van der Waals surface area contributed by atoms with Crippen molar-refractivity contribution in [2.24, 2.45) is 0 Å². The highest BCUT2D eigenvalue weighted by Gasteiger charge is 2.25. The van der Waals surface area contributed by atoms with Crippen LogP contribution >= 0.6 is 0 Å². The third-order valence-corrected chi connectivity index (χ3v) is 4.99. The van der Waals surface area contributed by atoms with Crippen LogP contribution in [-0.2, 0) is 0 Å². The zero-order valence-corrected chi connectivity index (χ0v) is 15.8. The molecule has 2 aromatic rings. The first-order valence-electron chi connectivity index (χ1n) is 9.43. The van der Waals surface area contributed by atoms with Gasteiger partial charge in [0.15, 0.2) is 0 Å². The third-order valence-electron chi connectivity index (χ3n) is 4.99. The zero-order valence-electron chi connectivity index (χ0n) is 15.8. The number of methoxy groups -OCH3 is 1. The first-order chi connectivity index (χ1) is 13.1. The Bertz CT molecular complexity index is 812. The average Bonchev–Trinajstić information content (AvgIpc) is 3.51. The number of piperazine rings is 1. The molecule has 1 aliphatic carbocycles. The summed E-state index contributed by atoms with van der Waals surface area (Å²) in [4.78, 5) is 25.8. The van der Waals surface area contributed by atoms with Gasteiger partial charge in [-0.05, 0) is 44.0 Å². The van der Waals surface area contributed by atoms with Crippen molar-refractivity contribution < 1.29 is 9.53 Å². The van der Waals surface area contributed by atoms with Crippen molar-refractivity contribution in [1.29, 1.82) is 0 Å². The maximum Gasteiger partial charge on any atom is 0.272 e. The van der Waals surface area contributed by atoms with E-state index in [9.17, 15) is 4.79 Å². The molecule has 142 valence electrons. The minimum Gasteiger partial charge on any atom is -0.497 e. The number of benzene rings is 1. The summed E-state index contributed by atoms with van der Waals surface area (Å²) in [6.07, 6.45) is 2.33. The molecule has 7 heteroatoms. The summed E-state index contributed by atoms with van der Waals surface area (Å²) >= 11 is 0. The number of nitrogens with one attached hydrogen (secondary N) is 1. The van der Waals surface area contributed by atoms with Gasteiger partial charge in [0.25, 0.3) is 5.91 Å². The lowest BCUT2D eigenvalue weighted by Crippen LogP contribution is -2.49. The Morgan fingerprint density at radius 2 is 1.81 bits per heavy atom. The number of carbonyl (C=O) groups excluding carboxylic acids is 1. The van der Waals surface area contributed by atoms with Gasteiger partial charge in [0.1, 0.15) is 23.1 Å². The van der Waals surface area contributed by atoms with Gasteiger partial charge in [-0.25, -0.2) is 9.97 Å². The van der Waals surface area contributed by atoms with E-state index in [1.807, 2.05) is 24.0 Å². The van der Waals surface area contributed by atoms with Crippen LogP contribution in [0.4, 0.5) is 11.5 Å². The number of hydrogen-bond acceptors (Lipinski definition) is 6. The van der Waals surface area contributed by atoms with Crippen molar-refractivity contribution in [1.82, 2.24) is 14.9 Å². The van der Waals surface area contributed by atoms with Gasteiger partial charge in [0.05, 0.1) is 7.11 Å². The van der Waals surface area contributed by atoms with Gasteiger partial charge in [-0.2, -0.15) is 0 Å². The van der Waals surface area contributed by atoms with Gasteiger partial charge in [-0.1, -0.05) is 0 Å². The molecule has 2 aliphatic rings. The summed E-state index contributed by atoms with van der Waals surface area (Å²) in [7, 11) is 1.67. The van der Waals surface area contributed by atoms with Crippen molar-refractivity contribution in [3.8, 4) is 5.75 Å². The Hall–Kier alpha value is -2.83. The molecule has 1 N–H and O–H groups in total. The molecule has 1 aromatic carbocycles. The minimum atomic E-state index is -0.0197. The van der Waals surface area contributed by atoms with Crippen molar-refractivity contribution in [3.63, 3.8) is 0 Å². The summed E-state index contributed by atoms with van der Waals surface area (Å²) in [5, 5.41) is 3.35. The molecular formula is C20H25N5O2. The standard InChI is InChI=1S/C20H25N5O2/c1-14-21-18(13-19(22-14)23-15-3-4-15)20(26)25-11-9-24(10-12-25)16-5-7-17(27-2)8-6-16/h5-8,13,15H,3-4,9-12H2,1-2H3,(H,21,22,23).